The van der Waals surface area contributed by atoms with E-state index in [1.807, 2.05) is 31.1 Å². The lowest BCUT2D eigenvalue weighted by atomic mass is 10.2. The number of nitrogens with one attached hydrogen (secondary N) is 1. The van der Waals surface area contributed by atoms with E-state index in [0.29, 0.717) is 6.54 Å². The van der Waals surface area contributed by atoms with Gasteiger partial charge in [-0.25, -0.2) is 4.98 Å². The van der Waals surface area contributed by atoms with Crippen LogP contribution in [0.5, 0.6) is 0 Å². The molecule has 1 atom stereocenters. The Morgan fingerprint density at radius 2 is 2.25 bits per heavy atom. The molecule has 20 heavy (non-hydrogen) atoms. The third kappa shape index (κ3) is 3.12. The van der Waals surface area contributed by atoms with E-state index < -0.39 is 4.92 Å². The lowest BCUT2D eigenvalue weighted by Gasteiger charge is -2.22. The van der Waals surface area contributed by atoms with Crippen LogP contribution in [0.4, 0.5) is 11.5 Å². The second-order valence-corrected chi connectivity index (χ2v) is 4.50. The molecule has 0 saturated carbocycles. The fourth-order valence-electron chi connectivity index (χ4n) is 1.89. The zero-order valence-corrected chi connectivity index (χ0v) is 11.3. The quantitative estimate of drug-likeness (QED) is 0.643. The molecule has 2 aromatic rings. The van der Waals surface area contributed by atoms with E-state index in [9.17, 15) is 10.1 Å². The maximum Gasteiger partial charge on any atom is 0.311 e. The zero-order valence-electron chi connectivity index (χ0n) is 11.3. The van der Waals surface area contributed by atoms with Gasteiger partial charge in [-0.15, -0.1) is 0 Å². The number of hydrogen-bond acceptors (Lipinski definition) is 6. The van der Waals surface area contributed by atoms with Gasteiger partial charge in [0.05, 0.1) is 17.2 Å². The molecule has 2 aromatic heterocycles. The molecule has 0 amide bonds. The van der Waals surface area contributed by atoms with E-state index in [-0.39, 0.29) is 17.5 Å². The molecule has 0 radical (unpaired) electrons. The van der Waals surface area contributed by atoms with Crippen LogP contribution in [0, 0.1) is 10.1 Å². The van der Waals surface area contributed by atoms with Crippen LogP contribution in [-0.2, 0) is 0 Å². The van der Waals surface area contributed by atoms with Crippen molar-refractivity contribution < 1.29 is 9.34 Å². The van der Waals surface area contributed by atoms with Crippen LogP contribution >= 0.6 is 0 Å². The van der Waals surface area contributed by atoms with E-state index in [2.05, 4.69) is 10.3 Å². The van der Waals surface area contributed by atoms with Crippen molar-refractivity contribution in [3.05, 3.63) is 52.6 Å². The zero-order chi connectivity index (χ0) is 14.5. The summed E-state index contributed by atoms with van der Waals surface area (Å²) in [4.78, 5) is 16.5. The molecule has 0 aliphatic heterocycles. The molecule has 1 unspecified atom stereocenters. The van der Waals surface area contributed by atoms with Crippen molar-refractivity contribution in [3.63, 3.8) is 0 Å². The summed E-state index contributed by atoms with van der Waals surface area (Å²) >= 11 is 0. The first kappa shape index (κ1) is 14.0. The Bertz CT molecular complexity index is 569. The van der Waals surface area contributed by atoms with Crippen LogP contribution in [0.15, 0.2) is 41.1 Å². The van der Waals surface area contributed by atoms with Gasteiger partial charge in [0.1, 0.15) is 5.76 Å². The number of hydrogen-bond donors (Lipinski definition) is 1. The van der Waals surface area contributed by atoms with Gasteiger partial charge in [0.15, 0.2) is 0 Å². The monoisotopic (exact) mass is 276 g/mol. The highest BCUT2D eigenvalue weighted by atomic mass is 16.6. The first-order chi connectivity index (χ1) is 9.59. The second-order valence-electron chi connectivity index (χ2n) is 4.50. The summed E-state index contributed by atoms with van der Waals surface area (Å²) in [6.45, 7) is 0.457. The van der Waals surface area contributed by atoms with Crippen LogP contribution in [-0.4, -0.2) is 35.4 Å². The Balaban J connectivity index is 2.13. The summed E-state index contributed by atoms with van der Waals surface area (Å²) in [7, 11) is 3.84. The third-order valence-corrected chi connectivity index (χ3v) is 2.94. The second kappa shape index (κ2) is 6.16. The molecular formula is C13H16N4O3. The first-order valence-corrected chi connectivity index (χ1v) is 6.12. The van der Waals surface area contributed by atoms with Crippen molar-refractivity contribution in [2.75, 3.05) is 26.0 Å². The van der Waals surface area contributed by atoms with Gasteiger partial charge in [-0.05, 0) is 32.3 Å². The highest BCUT2D eigenvalue weighted by molar-refractivity contribution is 5.55. The van der Waals surface area contributed by atoms with Gasteiger partial charge < -0.3 is 9.73 Å². The molecule has 7 heteroatoms. The molecule has 0 saturated heterocycles. The topological polar surface area (TPSA) is 84.4 Å². The number of furan rings is 1. The smallest absolute Gasteiger partial charge is 0.311 e. The predicted octanol–water partition coefficient (Wildman–Crippen LogP) is 2.30. The van der Waals surface area contributed by atoms with Gasteiger partial charge in [-0.2, -0.15) is 0 Å². The number of nitrogens with zero attached hydrogens (tertiary/aromatic N) is 3. The van der Waals surface area contributed by atoms with Crippen LogP contribution < -0.4 is 5.32 Å². The summed E-state index contributed by atoms with van der Waals surface area (Å²) in [5.74, 6) is 1.05. The highest BCUT2D eigenvalue weighted by Gasteiger charge is 2.19. The van der Waals surface area contributed by atoms with Crippen molar-refractivity contribution in [1.82, 2.24) is 9.88 Å². The van der Waals surface area contributed by atoms with Gasteiger partial charge in [0.2, 0.25) is 5.82 Å². The lowest BCUT2D eigenvalue weighted by molar-refractivity contribution is -0.384. The largest absolute Gasteiger partial charge is 0.468 e. The number of likely N-dealkylation sites (N-methyl/N-ethyl adjacent to an activating group) is 1. The van der Waals surface area contributed by atoms with Crippen LogP contribution in [0.25, 0.3) is 0 Å². The number of aromatic nitrogens is 1. The normalized spacial score (nSPS) is 12.3. The predicted molar refractivity (Wildman–Crippen MR) is 74.5 cm³/mol. The summed E-state index contributed by atoms with van der Waals surface area (Å²) in [6.07, 6.45) is 3.13. The van der Waals surface area contributed by atoms with Crippen LogP contribution in [0.3, 0.4) is 0 Å². The number of pyridine rings is 1. The van der Waals surface area contributed by atoms with Gasteiger partial charge >= 0.3 is 5.69 Å². The summed E-state index contributed by atoms with van der Waals surface area (Å²) < 4.78 is 5.39. The van der Waals surface area contributed by atoms with Crippen molar-refractivity contribution in [3.8, 4) is 0 Å². The number of rotatable bonds is 6. The van der Waals surface area contributed by atoms with Gasteiger partial charge in [0.25, 0.3) is 0 Å². The molecule has 106 valence electrons. The number of anilines is 1. The molecule has 2 heterocycles. The molecule has 2 rings (SSSR count). The Hall–Kier alpha value is -2.41. The Morgan fingerprint density at radius 3 is 2.85 bits per heavy atom. The highest BCUT2D eigenvalue weighted by Crippen LogP contribution is 2.23. The minimum absolute atomic E-state index is 0.0355. The van der Waals surface area contributed by atoms with Gasteiger partial charge in [-0.3, -0.25) is 15.0 Å². The minimum Gasteiger partial charge on any atom is -0.468 e. The van der Waals surface area contributed by atoms with Gasteiger partial charge in [0, 0.05) is 18.8 Å². The lowest BCUT2D eigenvalue weighted by Crippen LogP contribution is -2.26. The van der Waals surface area contributed by atoms with E-state index in [1.165, 1.54) is 12.3 Å². The molecule has 0 aliphatic rings. The van der Waals surface area contributed by atoms with Gasteiger partial charge in [-0.1, -0.05) is 0 Å². The molecule has 0 aromatic carbocycles. The fourth-order valence-corrected chi connectivity index (χ4v) is 1.89. The van der Waals surface area contributed by atoms with E-state index >= 15 is 0 Å². The van der Waals surface area contributed by atoms with Crippen LogP contribution in [0.2, 0.25) is 0 Å². The Labute approximate surface area is 116 Å². The van der Waals surface area contributed by atoms with Crippen molar-refractivity contribution in [2.24, 2.45) is 0 Å². The maximum atomic E-state index is 10.9. The van der Waals surface area contributed by atoms with Crippen molar-refractivity contribution in [1.29, 1.82) is 0 Å². The average molecular weight is 276 g/mol. The van der Waals surface area contributed by atoms with Crippen molar-refractivity contribution in [2.45, 2.75) is 6.04 Å². The molecule has 0 fully saturated rings. The SMILES string of the molecule is CN(C)C(CNc1ncccc1[N+](=O)[O-])c1ccco1. The molecule has 7 nitrogen and oxygen atoms in total. The summed E-state index contributed by atoms with van der Waals surface area (Å²) in [6, 6.07) is 6.62. The molecule has 0 aliphatic carbocycles. The maximum absolute atomic E-state index is 10.9. The Kier molecular flexibility index (Phi) is 4.31. The Morgan fingerprint density at radius 1 is 1.45 bits per heavy atom. The first-order valence-electron chi connectivity index (χ1n) is 6.12. The standard InChI is InChI=1S/C13H16N4O3/c1-16(2)11(12-6-4-8-20-12)9-15-13-10(17(18)19)5-3-7-14-13/h3-8,11H,9H2,1-2H3,(H,14,15). The van der Waals surface area contributed by atoms with Crippen LogP contribution in [0.1, 0.15) is 11.8 Å². The molecule has 1 N–H and O–H groups in total. The number of nitro groups is 1. The molecular weight excluding hydrogens is 260 g/mol. The molecule has 0 spiro atoms. The van der Waals surface area contributed by atoms with E-state index in [0.717, 1.165) is 5.76 Å². The minimum atomic E-state index is -0.451. The van der Waals surface area contributed by atoms with E-state index in [1.54, 1.807) is 12.3 Å². The summed E-state index contributed by atoms with van der Waals surface area (Å²) in [5, 5.41) is 13.9. The average Bonchev–Trinajstić information content (AvgIpc) is 2.92. The van der Waals surface area contributed by atoms with Crippen molar-refractivity contribution >= 4 is 11.5 Å². The molecule has 0 bridgehead atoms. The van der Waals surface area contributed by atoms with E-state index in [4.69, 9.17) is 4.42 Å². The summed E-state index contributed by atoms with van der Waals surface area (Å²) in [5.41, 5.74) is -0.0375. The fraction of sp³-hybridized carbons (Fsp3) is 0.308. The third-order valence-electron chi connectivity index (χ3n) is 2.94.